The van der Waals surface area contributed by atoms with Crippen LogP contribution < -0.4 is 5.32 Å². The number of aryl methyl sites for hydroxylation is 2. The van der Waals surface area contributed by atoms with Gasteiger partial charge in [-0.2, -0.15) is 0 Å². The van der Waals surface area contributed by atoms with Gasteiger partial charge in [-0.05, 0) is 68.5 Å². The van der Waals surface area contributed by atoms with Crippen LogP contribution in [-0.2, 0) is 11.2 Å². The zero-order valence-electron chi connectivity index (χ0n) is 15.5. The van der Waals surface area contributed by atoms with Crippen molar-refractivity contribution < 1.29 is 9.59 Å². The summed E-state index contributed by atoms with van der Waals surface area (Å²) in [5.74, 6) is 0.0323. The van der Waals surface area contributed by atoms with Crippen LogP contribution in [0.15, 0.2) is 42.5 Å². The highest BCUT2D eigenvalue weighted by atomic mass is 16.2. The summed E-state index contributed by atoms with van der Waals surface area (Å²) in [5, 5.41) is 2.91. The predicted octanol–water partition coefficient (Wildman–Crippen LogP) is 4.11. The molecule has 136 valence electrons. The molecule has 0 aliphatic carbocycles. The van der Waals surface area contributed by atoms with Crippen molar-refractivity contribution in [1.82, 2.24) is 4.90 Å². The lowest BCUT2D eigenvalue weighted by molar-refractivity contribution is -0.115. The molecule has 0 radical (unpaired) electrons. The summed E-state index contributed by atoms with van der Waals surface area (Å²) >= 11 is 0. The number of carbonyl (C=O) groups is 2. The number of benzene rings is 2. The second kappa shape index (κ2) is 8.17. The van der Waals surface area contributed by atoms with Gasteiger partial charge in [0.1, 0.15) is 0 Å². The molecule has 1 aliphatic rings. The van der Waals surface area contributed by atoms with Crippen molar-refractivity contribution in [1.29, 1.82) is 0 Å². The van der Waals surface area contributed by atoms with Gasteiger partial charge in [-0.1, -0.05) is 23.8 Å². The molecule has 4 heteroatoms. The Labute approximate surface area is 155 Å². The molecule has 1 fully saturated rings. The highest BCUT2D eigenvalue weighted by Gasteiger charge is 2.18. The molecule has 2 aromatic rings. The van der Waals surface area contributed by atoms with Gasteiger partial charge in [-0.3, -0.25) is 9.59 Å². The van der Waals surface area contributed by atoms with Crippen LogP contribution in [0.4, 0.5) is 5.69 Å². The Bertz CT molecular complexity index is 790. The number of nitrogens with one attached hydrogen (secondary N) is 1. The zero-order chi connectivity index (χ0) is 18.5. The second-order valence-corrected chi connectivity index (χ2v) is 7.09. The second-order valence-electron chi connectivity index (χ2n) is 7.09. The fourth-order valence-electron chi connectivity index (χ4n) is 3.40. The smallest absolute Gasteiger partial charge is 0.253 e. The van der Waals surface area contributed by atoms with Crippen LogP contribution in [0.5, 0.6) is 0 Å². The first-order chi connectivity index (χ1) is 12.5. The van der Waals surface area contributed by atoms with Gasteiger partial charge in [-0.25, -0.2) is 0 Å². The maximum atomic E-state index is 12.5. The first kappa shape index (κ1) is 18.2. The van der Waals surface area contributed by atoms with Crippen molar-refractivity contribution in [2.45, 2.75) is 39.5 Å². The predicted molar refractivity (Wildman–Crippen MR) is 104 cm³/mol. The third-order valence-corrected chi connectivity index (χ3v) is 4.91. The Hall–Kier alpha value is -2.62. The van der Waals surface area contributed by atoms with Gasteiger partial charge in [0.25, 0.3) is 5.91 Å². The lowest BCUT2D eigenvalue weighted by atomic mass is 10.0. The molecule has 3 rings (SSSR count). The minimum Gasteiger partial charge on any atom is -0.339 e. The van der Waals surface area contributed by atoms with E-state index in [0.717, 1.165) is 42.7 Å². The maximum Gasteiger partial charge on any atom is 0.253 e. The van der Waals surface area contributed by atoms with E-state index >= 15 is 0 Å². The highest BCUT2D eigenvalue weighted by molar-refractivity contribution is 5.96. The number of piperidine rings is 1. The van der Waals surface area contributed by atoms with Crippen LogP contribution in [0.3, 0.4) is 0 Å². The molecule has 0 unspecified atom stereocenters. The first-order valence-electron chi connectivity index (χ1n) is 9.28. The minimum atomic E-state index is -0.0490. The van der Waals surface area contributed by atoms with Gasteiger partial charge < -0.3 is 10.2 Å². The molecule has 0 aromatic heterocycles. The normalized spacial score (nSPS) is 14.2. The standard InChI is InChI=1S/C22H26N2O2/c1-16-6-7-19(17(2)14-16)15-21(25)23-20-10-8-18(9-11-20)22(26)24-12-4-3-5-13-24/h6-11,14H,3-5,12-13,15H2,1-2H3,(H,23,25). The summed E-state index contributed by atoms with van der Waals surface area (Å²) in [6.45, 7) is 5.75. The molecule has 0 atom stereocenters. The van der Waals surface area contributed by atoms with Crippen LogP contribution in [0.2, 0.25) is 0 Å². The molecular weight excluding hydrogens is 324 g/mol. The summed E-state index contributed by atoms with van der Waals surface area (Å²) in [7, 11) is 0. The van der Waals surface area contributed by atoms with Crippen LogP contribution in [0.1, 0.15) is 46.3 Å². The van der Waals surface area contributed by atoms with Crippen molar-refractivity contribution in [3.05, 3.63) is 64.7 Å². The van der Waals surface area contributed by atoms with Crippen molar-refractivity contribution in [2.75, 3.05) is 18.4 Å². The molecule has 0 spiro atoms. The van der Waals surface area contributed by atoms with Gasteiger partial charge in [0.15, 0.2) is 0 Å². The van der Waals surface area contributed by atoms with Crippen LogP contribution in [0, 0.1) is 13.8 Å². The van der Waals surface area contributed by atoms with E-state index in [1.54, 1.807) is 24.3 Å². The number of rotatable bonds is 4. The maximum absolute atomic E-state index is 12.5. The minimum absolute atomic E-state index is 0.0490. The number of likely N-dealkylation sites (tertiary alicyclic amines) is 1. The Balaban J connectivity index is 1.59. The van der Waals surface area contributed by atoms with E-state index < -0.39 is 0 Å². The number of carbonyl (C=O) groups excluding carboxylic acids is 2. The largest absolute Gasteiger partial charge is 0.339 e. The van der Waals surface area contributed by atoms with E-state index in [4.69, 9.17) is 0 Å². The van der Waals surface area contributed by atoms with Gasteiger partial charge in [0, 0.05) is 24.3 Å². The number of hydrogen-bond acceptors (Lipinski definition) is 2. The van der Waals surface area contributed by atoms with Gasteiger partial charge in [0.05, 0.1) is 6.42 Å². The highest BCUT2D eigenvalue weighted by Crippen LogP contribution is 2.16. The SMILES string of the molecule is Cc1ccc(CC(=O)Nc2ccc(C(=O)N3CCCCC3)cc2)c(C)c1. The van der Waals surface area contributed by atoms with Crippen LogP contribution in [0.25, 0.3) is 0 Å². The Kier molecular flexibility index (Phi) is 5.71. The number of nitrogens with zero attached hydrogens (tertiary/aromatic N) is 1. The molecule has 1 aliphatic heterocycles. The lowest BCUT2D eigenvalue weighted by Crippen LogP contribution is -2.35. The molecule has 1 N–H and O–H groups in total. The van der Waals surface area contributed by atoms with Crippen molar-refractivity contribution in [2.24, 2.45) is 0 Å². The summed E-state index contributed by atoms with van der Waals surface area (Å²) < 4.78 is 0. The molecular formula is C22H26N2O2. The summed E-state index contributed by atoms with van der Waals surface area (Å²) in [6, 6.07) is 13.3. The Morgan fingerprint density at radius 2 is 1.65 bits per heavy atom. The summed E-state index contributed by atoms with van der Waals surface area (Å²) in [5.41, 5.74) is 4.75. The van der Waals surface area contributed by atoms with Crippen molar-refractivity contribution >= 4 is 17.5 Å². The molecule has 0 bridgehead atoms. The Morgan fingerprint density at radius 1 is 0.962 bits per heavy atom. The fourth-order valence-corrected chi connectivity index (χ4v) is 3.40. The van der Waals surface area contributed by atoms with Gasteiger partial charge in [0.2, 0.25) is 5.91 Å². The average molecular weight is 350 g/mol. The third-order valence-electron chi connectivity index (χ3n) is 4.91. The molecule has 26 heavy (non-hydrogen) atoms. The number of anilines is 1. The van der Waals surface area contributed by atoms with Crippen LogP contribution >= 0.6 is 0 Å². The lowest BCUT2D eigenvalue weighted by Gasteiger charge is -2.26. The number of hydrogen-bond donors (Lipinski definition) is 1. The third kappa shape index (κ3) is 4.51. The fraction of sp³-hybridized carbons (Fsp3) is 0.364. The molecule has 4 nitrogen and oxygen atoms in total. The van der Waals surface area contributed by atoms with E-state index in [2.05, 4.69) is 11.4 Å². The summed E-state index contributed by atoms with van der Waals surface area (Å²) in [6.07, 6.45) is 3.71. The van der Waals surface area contributed by atoms with E-state index in [9.17, 15) is 9.59 Å². The Morgan fingerprint density at radius 3 is 2.31 bits per heavy atom. The van der Waals surface area contributed by atoms with Gasteiger partial charge in [-0.15, -0.1) is 0 Å². The van der Waals surface area contributed by atoms with E-state index in [0.29, 0.717) is 12.0 Å². The summed E-state index contributed by atoms with van der Waals surface area (Å²) in [4.78, 5) is 26.7. The monoisotopic (exact) mass is 350 g/mol. The topological polar surface area (TPSA) is 49.4 Å². The molecule has 2 amide bonds. The molecule has 1 saturated heterocycles. The van der Waals surface area contributed by atoms with Gasteiger partial charge >= 0.3 is 0 Å². The molecule has 0 saturated carbocycles. The van der Waals surface area contributed by atoms with E-state index in [1.807, 2.05) is 30.9 Å². The molecule has 2 aromatic carbocycles. The van der Waals surface area contributed by atoms with Crippen LogP contribution in [-0.4, -0.2) is 29.8 Å². The quantitative estimate of drug-likeness (QED) is 0.902. The molecule has 1 heterocycles. The van der Waals surface area contributed by atoms with E-state index in [1.165, 1.54) is 12.0 Å². The van der Waals surface area contributed by atoms with Crippen molar-refractivity contribution in [3.8, 4) is 0 Å². The zero-order valence-corrected chi connectivity index (χ0v) is 15.5. The number of amides is 2. The van der Waals surface area contributed by atoms with Crippen molar-refractivity contribution in [3.63, 3.8) is 0 Å². The first-order valence-corrected chi connectivity index (χ1v) is 9.28. The average Bonchev–Trinajstić information content (AvgIpc) is 2.65. The van der Waals surface area contributed by atoms with E-state index in [-0.39, 0.29) is 11.8 Å².